The summed E-state index contributed by atoms with van der Waals surface area (Å²) in [5, 5.41) is 0. The highest BCUT2D eigenvalue weighted by Gasteiger charge is 2.36. The van der Waals surface area contributed by atoms with Crippen LogP contribution in [-0.2, 0) is 28.6 Å². The number of hydrogen-bond donors (Lipinski definition) is 0. The second kappa shape index (κ2) is 9.89. The fraction of sp³-hybridized carbons (Fsp3) is 0.750. The molecule has 1 unspecified atom stereocenters. The first-order chi connectivity index (χ1) is 12.0. The van der Waals surface area contributed by atoms with Crippen molar-refractivity contribution in [3.8, 4) is 0 Å². The molecule has 0 aromatic carbocycles. The summed E-state index contributed by atoms with van der Waals surface area (Å²) in [6, 6.07) is 0. The number of carbonyl (C=O) groups excluding carboxylic acids is 3. The van der Waals surface area contributed by atoms with Gasteiger partial charge in [-0.25, -0.2) is 0 Å². The average molecular weight is 496 g/mol. The highest BCUT2D eigenvalue weighted by Crippen LogP contribution is 2.23. The lowest BCUT2D eigenvalue weighted by Crippen LogP contribution is -2.42. The van der Waals surface area contributed by atoms with Crippen molar-refractivity contribution in [2.24, 2.45) is 16.2 Å². The van der Waals surface area contributed by atoms with Crippen LogP contribution in [0.15, 0.2) is 10.2 Å². The predicted molar refractivity (Wildman–Crippen MR) is 112 cm³/mol. The number of rotatable bonds is 6. The molecule has 0 fully saturated rings. The third-order valence-corrected chi connectivity index (χ3v) is 3.76. The van der Waals surface area contributed by atoms with Crippen molar-refractivity contribution in [2.75, 3.05) is 6.61 Å². The van der Waals surface area contributed by atoms with Crippen LogP contribution in [-0.4, -0.2) is 36.7 Å². The number of hydrogen-bond acceptors (Lipinski definition) is 6. The maximum Gasteiger partial charge on any atom is 0.311 e. The molecule has 0 aromatic heterocycles. The summed E-state index contributed by atoms with van der Waals surface area (Å²) in [7, 11) is 0. The van der Waals surface area contributed by atoms with Crippen LogP contribution < -0.4 is 0 Å². The van der Waals surface area contributed by atoms with E-state index in [-0.39, 0.29) is 6.61 Å². The zero-order valence-corrected chi connectivity index (χ0v) is 20.0. The monoisotopic (exact) mass is 496 g/mol. The van der Waals surface area contributed by atoms with Crippen LogP contribution in [0.1, 0.15) is 62.3 Å². The van der Waals surface area contributed by atoms with Crippen molar-refractivity contribution >= 4 is 40.5 Å². The van der Waals surface area contributed by atoms with Gasteiger partial charge in [0, 0.05) is 0 Å². The van der Waals surface area contributed by atoms with Crippen LogP contribution in [0.5, 0.6) is 0 Å². The Labute approximate surface area is 176 Å². The maximum absolute atomic E-state index is 12.4. The molecule has 0 aromatic rings. The highest BCUT2D eigenvalue weighted by molar-refractivity contribution is 14.1. The molecule has 0 rings (SSSR count). The van der Waals surface area contributed by atoms with Crippen molar-refractivity contribution in [3.05, 3.63) is 10.2 Å². The molecule has 156 valence electrons. The smallest absolute Gasteiger partial charge is 0.311 e. The minimum absolute atomic E-state index is 0.207. The van der Waals surface area contributed by atoms with Crippen LogP contribution in [0.2, 0.25) is 0 Å². The Kier molecular flexibility index (Phi) is 9.48. The molecule has 0 aliphatic rings. The number of esters is 3. The van der Waals surface area contributed by atoms with E-state index >= 15 is 0 Å². The topological polar surface area (TPSA) is 78.9 Å². The van der Waals surface area contributed by atoms with Crippen molar-refractivity contribution in [2.45, 2.75) is 74.5 Å². The summed E-state index contributed by atoms with van der Waals surface area (Å²) >= 11 is 1.99. The lowest BCUT2D eigenvalue weighted by Gasteiger charge is -2.30. The van der Waals surface area contributed by atoms with Gasteiger partial charge in [-0.2, -0.15) is 0 Å². The summed E-state index contributed by atoms with van der Waals surface area (Å²) < 4.78 is 18.1. The van der Waals surface area contributed by atoms with E-state index in [0.717, 1.165) is 0 Å². The van der Waals surface area contributed by atoms with Crippen molar-refractivity contribution < 1.29 is 28.6 Å². The molecule has 2 atom stereocenters. The first-order valence-corrected chi connectivity index (χ1v) is 10.1. The quantitative estimate of drug-likeness (QED) is 0.308. The molecule has 0 bridgehead atoms. The van der Waals surface area contributed by atoms with Gasteiger partial charge in [0.05, 0.1) is 16.2 Å². The van der Waals surface area contributed by atoms with E-state index < -0.39 is 46.4 Å². The third kappa shape index (κ3) is 9.58. The number of carbonyl (C=O) groups is 3. The van der Waals surface area contributed by atoms with Gasteiger partial charge in [0.1, 0.15) is 6.61 Å². The zero-order chi connectivity index (χ0) is 21.6. The molecule has 0 aliphatic carbocycles. The number of halogens is 1. The summed E-state index contributed by atoms with van der Waals surface area (Å²) in [4.78, 5) is 36.8. The molecule has 0 saturated carbocycles. The van der Waals surface area contributed by atoms with Crippen LogP contribution >= 0.6 is 22.6 Å². The van der Waals surface area contributed by atoms with Gasteiger partial charge in [0.2, 0.25) is 0 Å². The first kappa shape index (κ1) is 25.9. The van der Waals surface area contributed by atoms with E-state index in [4.69, 9.17) is 14.2 Å². The van der Waals surface area contributed by atoms with Gasteiger partial charge in [-0.3, -0.25) is 14.4 Å². The van der Waals surface area contributed by atoms with Crippen molar-refractivity contribution in [1.82, 2.24) is 0 Å². The fourth-order valence-electron chi connectivity index (χ4n) is 1.50. The highest BCUT2D eigenvalue weighted by atomic mass is 127. The Hall–Kier alpha value is -1.12. The molecule has 0 saturated heterocycles. The van der Waals surface area contributed by atoms with E-state index in [2.05, 4.69) is 0 Å². The minimum atomic E-state index is -0.944. The molecule has 7 heteroatoms. The first-order valence-electron chi connectivity index (χ1n) is 8.86. The van der Waals surface area contributed by atoms with E-state index in [1.807, 2.05) is 22.6 Å². The average Bonchev–Trinajstić information content (AvgIpc) is 2.47. The van der Waals surface area contributed by atoms with Gasteiger partial charge in [0.25, 0.3) is 0 Å². The van der Waals surface area contributed by atoms with Crippen molar-refractivity contribution in [1.29, 1.82) is 0 Å². The Balaban J connectivity index is 5.56. The second-order valence-electron chi connectivity index (χ2n) is 9.48. The summed E-state index contributed by atoms with van der Waals surface area (Å²) in [6.45, 7) is 15.3. The largest absolute Gasteiger partial charge is 0.461 e. The molecule has 0 N–H and O–H groups in total. The predicted octanol–water partition coefficient (Wildman–Crippen LogP) is 4.44. The Morgan fingerprint density at radius 2 is 1.19 bits per heavy atom. The number of ether oxygens (including phenoxy) is 3. The summed E-state index contributed by atoms with van der Waals surface area (Å²) in [5.74, 6) is -1.35. The molecule has 0 aliphatic heterocycles. The van der Waals surface area contributed by atoms with Crippen LogP contribution in [0.3, 0.4) is 0 Å². The Bertz CT molecular complexity index is 560. The molecular weight excluding hydrogens is 463 g/mol. The Morgan fingerprint density at radius 3 is 1.56 bits per heavy atom. The molecule has 0 heterocycles. The standard InChI is InChI=1S/C20H33IO6/c1-18(2,3)15(22)25-12-14(27-17(24)20(7,8)9)13(10-11-21)26-16(23)19(4,5)6/h10-11,13-14H,12H2,1-9H3/b11-10+/t13?,14-/m1/s1. The van der Waals surface area contributed by atoms with E-state index in [1.54, 1.807) is 72.5 Å². The molecule has 0 amide bonds. The summed E-state index contributed by atoms with van der Waals surface area (Å²) in [5.41, 5.74) is -2.17. The van der Waals surface area contributed by atoms with Crippen molar-refractivity contribution in [3.63, 3.8) is 0 Å². The van der Waals surface area contributed by atoms with Gasteiger partial charge >= 0.3 is 17.9 Å². The Morgan fingerprint density at radius 1 is 0.778 bits per heavy atom. The van der Waals surface area contributed by atoms with Crippen LogP contribution in [0.25, 0.3) is 0 Å². The van der Waals surface area contributed by atoms with Gasteiger partial charge in [0.15, 0.2) is 12.2 Å². The molecule has 6 nitrogen and oxygen atoms in total. The molecular formula is C20H33IO6. The van der Waals surface area contributed by atoms with Gasteiger partial charge in [-0.15, -0.1) is 0 Å². The normalized spacial score (nSPS) is 15.2. The maximum atomic E-state index is 12.4. The molecule has 0 spiro atoms. The lowest BCUT2D eigenvalue weighted by molar-refractivity contribution is -0.182. The van der Waals surface area contributed by atoms with Crippen LogP contribution in [0.4, 0.5) is 0 Å². The lowest BCUT2D eigenvalue weighted by atomic mass is 9.96. The van der Waals surface area contributed by atoms with E-state index in [9.17, 15) is 14.4 Å². The molecule has 27 heavy (non-hydrogen) atoms. The zero-order valence-electron chi connectivity index (χ0n) is 17.8. The molecule has 0 radical (unpaired) electrons. The van der Waals surface area contributed by atoms with Crippen LogP contribution in [0, 0.1) is 16.2 Å². The SMILES string of the molecule is CC(C)(C)C(=O)OC[C@@H](OC(=O)C(C)(C)C)C(/C=C/I)OC(=O)C(C)(C)C. The minimum Gasteiger partial charge on any atom is -0.461 e. The third-order valence-electron chi connectivity index (χ3n) is 3.35. The van der Waals surface area contributed by atoms with E-state index in [0.29, 0.717) is 0 Å². The van der Waals surface area contributed by atoms with Gasteiger partial charge < -0.3 is 14.2 Å². The summed E-state index contributed by atoms with van der Waals surface area (Å²) in [6.07, 6.45) is -0.205. The van der Waals surface area contributed by atoms with E-state index in [1.165, 1.54) is 0 Å². The van der Waals surface area contributed by atoms with Gasteiger partial charge in [-0.1, -0.05) is 22.6 Å². The fourth-order valence-corrected chi connectivity index (χ4v) is 1.90. The second-order valence-corrected chi connectivity index (χ2v) is 10.2. The van der Waals surface area contributed by atoms with Gasteiger partial charge in [-0.05, 0) is 72.5 Å².